The van der Waals surface area contributed by atoms with Gasteiger partial charge >= 0.3 is 6.09 Å². The van der Waals surface area contributed by atoms with Crippen LogP contribution in [0.5, 0.6) is 0 Å². The van der Waals surface area contributed by atoms with Crippen molar-refractivity contribution in [1.29, 1.82) is 0 Å². The molecule has 2 rings (SSSR count). The molecule has 0 aliphatic carbocycles. The molecule has 0 unspecified atom stereocenters. The Hall–Kier alpha value is -2.93. The maximum absolute atomic E-state index is 12.9. The third-order valence-electron chi connectivity index (χ3n) is 3.71. The molecule has 1 heterocycles. The van der Waals surface area contributed by atoms with Crippen LogP contribution >= 0.6 is 0 Å². The van der Waals surface area contributed by atoms with Crippen molar-refractivity contribution in [2.24, 2.45) is 0 Å². The first-order valence-corrected chi connectivity index (χ1v) is 9.06. The van der Waals surface area contributed by atoms with E-state index in [1.807, 2.05) is 18.2 Å². The Bertz CT molecular complexity index is 770. The highest BCUT2D eigenvalue weighted by Crippen LogP contribution is 2.15. The van der Waals surface area contributed by atoms with E-state index < -0.39 is 11.7 Å². The zero-order chi connectivity index (χ0) is 20.6. The second-order valence-corrected chi connectivity index (χ2v) is 7.24. The van der Waals surface area contributed by atoms with Crippen LogP contribution in [0.1, 0.15) is 36.8 Å². The molecule has 0 bridgehead atoms. The minimum absolute atomic E-state index is 0.133. The van der Waals surface area contributed by atoms with Crippen molar-refractivity contribution in [2.75, 3.05) is 25.6 Å². The molecule has 7 nitrogen and oxygen atoms in total. The van der Waals surface area contributed by atoms with Gasteiger partial charge in [-0.05, 0) is 57.2 Å². The lowest BCUT2D eigenvalue weighted by Crippen LogP contribution is -2.33. The fourth-order valence-corrected chi connectivity index (χ4v) is 2.44. The Balaban J connectivity index is 2.06. The van der Waals surface area contributed by atoms with Crippen LogP contribution in [0.3, 0.4) is 0 Å². The fraction of sp³-hybridized carbons (Fsp3) is 0.381. The molecule has 0 saturated carbocycles. The average molecular weight is 385 g/mol. The van der Waals surface area contributed by atoms with Crippen LogP contribution in [-0.2, 0) is 16.0 Å². The molecule has 0 fully saturated rings. The summed E-state index contributed by atoms with van der Waals surface area (Å²) < 4.78 is 10.3. The van der Waals surface area contributed by atoms with E-state index >= 15 is 0 Å². The number of pyridine rings is 1. The topological polar surface area (TPSA) is 80.8 Å². The van der Waals surface area contributed by atoms with Gasteiger partial charge in [0.1, 0.15) is 5.60 Å². The minimum Gasteiger partial charge on any atom is -0.444 e. The number of carbonyl (C=O) groups excluding carboxylic acids is 2. The van der Waals surface area contributed by atoms with Gasteiger partial charge in [-0.3, -0.25) is 15.1 Å². The van der Waals surface area contributed by atoms with Crippen LogP contribution in [0, 0.1) is 0 Å². The second kappa shape index (κ2) is 9.85. The van der Waals surface area contributed by atoms with E-state index in [0.717, 1.165) is 5.69 Å². The molecule has 0 spiro atoms. The first kappa shape index (κ1) is 21.4. The van der Waals surface area contributed by atoms with Gasteiger partial charge in [0.2, 0.25) is 0 Å². The molecule has 0 aliphatic rings. The fourth-order valence-electron chi connectivity index (χ4n) is 2.44. The first-order chi connectivity index (χ1) is 13.3. The molecule has 7 heteroatoms. The van der Waals surface area contributed by atoms with Crippen LogP contribution in [0.2, 0.25) is 0 Å². The maximum Gasteiger partial charge on any atom is 0.412 e. The van der Waals surface area contributed by atoms with Crippen LogP contribution in [-0.4, -0.2) is 47.7 Å². The molecule has 0 radical (unpaired) electrons. The molecule has 0 saturated heterocycles. The van der Waals surface area contributed by atoms with Crippen LogP contribution in [0.25, 0.3) is 0 Å². The number of hydrogen-bond acceptors (Lipinski definition) is 5. The molecule has 1 N–H and O–H groups in total. The zero-order valence-electron chi connectivity index (χ0n) is 16.8. The lowest BCUT2D eigenvalue weighted by Gasteiger charge is -2.22. The Kier molecular flexibility index (Phi) is 7.52. The largest absolute Gasteiger partial charge is 0.444 e. The average Bonchev–Trinajstić information content (AvgIpc) is 2.64. The summed E-state index contributed by atoms with van der Waals surface area (Å²) in [5.74, 6) is -0.133. The number of benzene rings is 1. The lowest BCUT2D eigenvalue weighted by atomic mass is 10.1. The molecule has 1 aromatic carbocycles. The predicted molar refractivity (Wildman–Crippen MR) is 107 cm³/mol. The normalized spacial score (nSPS) is 11.0. The van der Waals surface area contributed by atoms with Crippen molar-refractivity contribution in [1.82, 2.24) is 9.88 Å². The second-order valence-electron chi connectivity index (χ2n) is 7.24. The highest BCUT2D eigenvalue weighted by Gasteiger charge is 2.18. The lowest BCUT2D eigenvalue weighted by molar-refractivity contribution is 0.0635. The highest BCUT2D eigenvalue weighted by molar-refractivity contribution is 5.95. The van der Waals surface area contributed by atoms with Gasteiger partial charge in [0.15, 0.2) is 0 Å². The number of nitrogens with one attached hydrogen (secondary N) is 1. The number of nitrogens with zero attached hydrogens (tertiary/aromatic N) is 2. The van der Waals surface area contributed by atoms with Crippen LogP contribution < -0.4 is 5.32 Å². The first-order valence-electron chi connectivity index (χ1n) is 9.06. The van der Waals surface area contributed by atoms with E-state index in [1.54, 1.807) is 63.2 Å². The smallest absolute Gasteiger partial charge is 0.412 e. The van der Waals surface area contributed by atoms with Crippen molar-refractivity contribution >= 4 is 17.7 Å². The number of carbonyl (C=O) groups is 2. The van der Waals surface area contributed by atoms with E-state index in [1.165, 1.54) is 0 Å². The van der Waals surface area contributed by atoms with Crippen molar-refractivity contribution in [3.8, 4) is 0 Å². The van der Waals surface area contributed by atoms with Crippen molar-refractivity contribution < 1.29 is 19.1 Å². The Labute approximate surface area is 165 Å². The van der Waals surface area contributed by atoms with Crippen molar-refractivity contribution in [3.05, 3.63) is 59.9 Å². The summed E-state index contributed by atoms with van der Waals surface area (Å²) in [6.07, 6.45) is 1.16. The number of amides is 2. The van der Waals surface area contributed by atoms with Crippen LogP contribution in [0.4, 0.5) is 10.5 Å². The standard InChI is InChI=1S/C21H27N3O4/c1-21(2,3)28-20(26)23-17-10-8-16(9-11-17)19(25)24(13-14-27-4)15-18-7-5-6-12-22-18/h5-12H,13-15H2,1-4H3,(H,23,26). The number of rotatable bonds is 7. The van der Waals surface area contributed by atoms with Gasteiger partial charge in [0.05, 0.1) is 18.8 Å². The molecule has 28 heavy (non-hydrogen) atoms. The van der Waals surface area contributed by atoms with Crippen LogP contribution in [0.15, 0.2) is 48.7 Å². The molecule has 2 aromatic rings. The number of hydrogen-bond donors (Lipinski definition) is 1. The van der Waals surface area contributed by atoms with E-state index in [4.69, 9.17) is 9.47 Å². The van der Waals surface area contributed by atoms with Gasteiger partial charge in [-0.1, -0.05) is 6.07 Å². The number of methoxy groups -OCH3 is 1. The predicted octanol–water partition coefficient (Wildman–Crippen LogP) is 3.72. The van der Waals surface area contributed by atoms with Crippen molar-refractivity contribution in [3.63, 3.8) is 0 Å². The summed E-state index contributed by atoms with van der Waals surface area (Å²) in [6.45, 7) is 6.65. The molecule has 0 atom stereocenters. The van der Waals surface area contributed by atoms with Gasteiger partial charge in [0, 0.05) is 31.1 Å². The van der Waals surface area contributed by atoms with Gasteiger partial charge in [-0.15, -0.1) is 0 Å². The summed E-state index contributed by atoms with van der Waals surface area (Å²) in [4.78, 5) is 30.7. The SMILES string of the molecule is COCCN(Cc1ccccn1)C(=O)c1ccc(NC(=O)OC(C)(C)C)cc1. The molecular formula is C21H27N3O4. The third kappa shape index (κ3) is 7.00. The van der Waals surface area contributed by atoms with E-state index in [2.05, 4.69) is 10.3 Å². The summed E-state index contributed by atoms with van der Waals surface area (Å²) in [7, 11) is 1.60. The van der Waals surface area contributed by atoms with E-state index in [-0.39, 0.29) is 5.91 Å². The van der Waals surface area contributed by atoms with Gasteiger partial charge in [-0.2, -0.15) is 0 Å². The van der Waals surface area contributed by atoms with E-state index in [9.17, 15) is 9.59 Å². The Morgan fingerprint density at radius 3 is 2.39 bits per heavy atom. The molecule has 0 aliphatic heterocycles. The van der Waals surface area contributed by atoms with E-state index in [0.29, 0.717) is 30.9 Å². The monoisotopic (exact) mass is 385 g/mol. The summed E-state index contributed by atoms with van der Waals surface area (Å²) in [5, 5.41) is 2.65. The van der Waals surface area contributed by atoms with Gasteiger partial charge in [0.25, 0.3) is 5.91 Å². The molecule has 150 valence electrons. The molecule has 2 amide bonds. The number of ether oxygens (including phenoxy) is 2. The highest BCUT2D eigenvalue weighted by atomic mass is 16.6. The maximum atomic E-state index is 12.9. The minimum atomic E-state index is -0.576. The quantitative estimate of drug-likeness (QED) is 0.786. The van der Waals surface area contributed by atoms with Gasteiger partial charge in [-0.25, -0.2) is 4.79 Å². The Morgan fingerprint density at radius 1 is 1.11 bits per heavy atom. The molecular weight excluding hydrogens is 358 g/mol. The molecule has 1 aromatic heterocycles. The number of aromatic nitrogens is 1. The summed E-state index contributed by atoms with van der Waals surface area (Å²) >= 11 is 0. The third-order valence-corrected chi connectivity index (χ3v) is 3.71. The Morgan fingerprint density at radius 2 is 1.82 bits per heavy atom. The summed E-state index contributed by atoms with van der Waals surface area (Å²) in [5.41, 5.74) is 1.30. The number of anilines is 1. The van der Waals surface area contributed by atoms with Gasteiger partial charge < -0.3 is 14.4 Å². The summed E-state index contributed by atoms with van der Waals surface area (Å²) in [6, 6.07) is 12.3. The van der Waals surface area contributed by atoms with Crippen molar-refractivity contribution in [2.45, 2.75) is 32.9 Å². The zero-order valence-corrected chi connectivity index (χ0v) is 16.8.